The minimum Gasteiger partial charge on any atom is -0.351 e. The van der Waals surface area contributed by atoms with Crippen LogP contribution in [0.4, 0.5) is 8.78 Å². The van der Waals surface area contributed by atoms with E-state index in [9.17, 15) is 27.7 Å². The van der Waals surface area contributed by atoms with E-state index >= 15 is 0 Å². The van der Waals surface area contributed by atoms with Gasteiger partial charge in [0, 0.05) is 22.8 Å². The van der Waals surface area contributed by atoms with Crippen molar-refractivity contribution in [1.29, 1.82) is 0 Å². The van der Waals surface area contributed by atoms with E-state index in [1.165, 1.54) is 23.3 Å². The van der Waals surface area contributed by atoms with Crippen LogP contribution in [0.2, 0.25) is 0 Å². The lowest BCUT2D eigenvalue weighted by Gasteiger charge is -2.36. The SMILES string of the molecule is CC(C)(C)C(NC(=O)c1cc2cc(C(F)(F)P(=O)(O)O)ccc2s1)C(=O)N1CCC[C@H]1C(=O)N[C@@H]1CCc2ccccc2C1. The molecule has 4 N–H and O–H groups in total. The smallest absolute Gasteiger partial charge is 0.351 e. The largest absolute Gasteiger partial charge is 0.399 e. The van der Waals surface area contributed by atoms with Crippen molar-refractivity contribution in [3.63, 3.8) is 0 Å². The molecule has 0 saturated carbocycles. The average Bonchev–Trinajstić information content (AvgIpc) is 3.61. The molecule has 0 spiro atoms. The summed E-state index contributed by atoms with van der Waals surface area (Å²) in [5.41, 5.74) is -3.46. The molecule has 1 aliphatic carbocycles. The minimum atomic E-state index is -5.76. The summed E-state index contributed by atoms with van der Waals surface area (Å²) in [6.45, 7) is 5.80. The summed E-state index contributed by atoms with van der Waals surface area (Å²) in [6.07, 6.45) is 3.59. The van der Waals surface area contributed by atoms with Crippen molar-refractivity contribution < 1.29 is 37.5 Å². The maximum atomic E-state index is 14.3. The highest BCUT2D eigenvalue weighted by Crippen LogP contribution is 2.59. The van der Waals surface area contributed by atoms with Gasteiger partial charge in [-0.3, -0.25) is 18.9 Å². The van der Waals surface area contributed by atoms with Crippen LogP contribution in [-0.2, 0) is 32.7 Å². The predicted molar refractivity (Wildman–Crippen MR) is 164 cm³/mol. The number of amides is 3. The van der Waals surface area contributed by atoms with Gasteiger partial charge in [0.15, 0.2) is 0 Å². The molecule has 1 saturated heterocycles. The summed E-state index contributed by atoms with van der Waals surface area (Å²) >= 11 is 1.01. The van der Waals surface area contributed by atoms with Crippen LogP contribution >= 0.6 is 18.9 Å². The van der Waals surface area contributed by atoms with E-state index in [0.717, 1.165) is 42.7 Å². The van der Waals surface area contributed by atoms with Gasteiger partial charge >= 0.3 is 13.3 Å². The fraction of sp³-hybridized carbons (Fsp3) is 0.452. The summed E-state index contributed by atoms with van der Waals surface area (Å²) in [4.78, 5) is 60.6. The fourth-order valence-corrected chi connectivity index (χ4v) is 7.37. The molecular formula is C31H36F2N3O6PS. The van der Waals surface area contributed by atoms with E-state index < -0.39 is 42.2 Å². The fourth-order valence-electron chi connectivity index (χ4n) is 5.95. The topological polar surface area (TPSA) is 136 Å². The standard InChI is InChI=1S/C31H36F2N3O6PS/c1-30(2,3)26(35-28(38)25-17-20-15-21(11-13-24(20)44-25)31(32,33)43(40,41)42)29(39)36-14-6-9-23(36)27(37)34-22-12-10-18-7-4-5-8-19(18)16-22/h4-5,7-8,11,13,15,17,22-23,26H,6,9-10,12,14,16H2,1-3H3,(H,34,37)(H,35,38)(H2,40,41,42)/t22-,23+,26?/m1/s1. The van der Waals surface area contributed by atoms with Crippen molar-refractivity contribution in [3.05, 3.63) is 70.1 Å². The van der Waals surface area contributed by atoms with Crippen molar-refractivity contribution in [1.82, 2.24) is 15.5 Å². The van der Waals surface area contributed by atoms with Gasteiger partial charge in [0.25, 0.3) is 5.91 Å². The Bertz CT molecular complexity index is 1650. The van der Waals surface area contributed by atoms with Gasteiger partial charge in [0.1, 0.15) is 12.1 Å². The number of alkyl halides is 2. The molecule has 5 rings (SSSR count). The molecule has 1 aliphatic heterocycles. The summed E-state index contributed by atoms with van der Waals surface area (Å²) in [5.74, 6) is -1.17. The summed E-state index contributed by atoms with van der Waals surface area (Å²) in [6, 6.07) is 11.0. The van der Waals surface area contributed by atoms with Gasteiger partial charge in [-0.05, 0) is 72.2 Å². The number of thiophene rings is 1. The van der Waals surface area contributed by atoms with Crippen molar-refractivity contribution in [2.45, 2.75) is 76.7 Å². The molecule has 13 heteroatoms. The van der Waals surface area contributed by atoms with Crippen LogP contribution in [0.25, 0.3) is 10.1 Å². The first kappa shape index (κ1) is 32.2. The molecule has 1 fully saturated rings. The molecule has 0 bridgehead atoms. The maximum Gasteiger partial charge on any atom is 0.399 e. The molecule has 2 heterocycles. The van der Waals surface area contributed by atoms with Crippen LogP contribution in [0, 0.1) is 5.41 Å². The number of nitrogens with one attached hydrogen (secondary N) is 2. The van der Waals surface area contributed by atoms with Gasteiger partial charge in [0.05, 0.1) is 4.88 Å². The number of fused-ring (bicyclic) bond motifs is 2. The minimum absolute atomic E-state index is 0.0248. The zero-order valence-corrected chi connectivity index (χ0v) is 26.4. The Hall–Kier alpha value is -3.18. The molecule has 236 valence electrons. The Balaban J connectivity index is 1.30. The number of hydrogen-bond donors (Lipinski definition) is 4. The van der Waals surface area contributed by atoms with Crippen molar-refractivity contribution in [3.8, 4) is 0 Å². The van der Waals surface area contributed by atoms with Crippen molar-refractivity contribution >= 4 is 46.7 Å². The number of aryl methyl sites for hydroxylation is 1. The summed E-state index contributed by atoms with van der Waals surface area (Å²) < 4.78 is 40.3. The molecule has 2 aromatic carbocycles. The van der Waals surface area contributed by atoms with Crippen LogP contribution in [0.1, 0.15) is 66.4 Å². The number of halogens is 2. The molecule has 3 aromatic rings. The van der Waals surface area contributed by atoms with E-state index in [1.807, 2.05) is 32.9 Å². The number of carbonyl (C=O) groups is 3. The Kier molecular flexibility index (Phi) is 8.76. The third-order valence-corrected chi connectivity index (χ3v) is 10.5. The van der Waals surface area contributed by atoms with Crippen LogP contribution in [0.5, 0.6) is 0 Å². The molecule has 0 radical (unpaired) electrons. The van der Waals surface area contributed by atoms with E-state index in [0.29, 0.717) is 24.1 Å². The highest BCUT2D eigenvalue weighted by atomic mass is 32.1. The zero-order chi connectivity index (χ0) is 32.0. The number of hydrogen-bond acceptors (Lipinski definition) is 5. The van der Waals surface area contributed by atoms with E-state index in [-0.39, 0.29) is 28.1 Å². The second-order valence-electron chi connectivity index (χ2n) is 12.6. The van der Waals surface area contributed by atoms with E-state index in [4.69, 9.17) is 9.79 Å². The number of nitrogens with zero attached hydrogens (tertiary/aromatic N) is 1. The van der Waals surface area contributed by atoms with Gasteiger partial charge in [-0.15, -0.1) is 11.3 Å². The van der Waals surface area contributed by atoms with Gasteiger partial charge in [-0.2, -0.15) is 8.78 Å². The van der Waals surface area contributed by atoms with Crippen molar-refractivity contribution in [2.24, 2.45) is 5.41 Å². The van der Waals surface area contributed by atoms with Crippen LogP contribution in [-0.4, -0.2) is 57.1 Å². The van der Waals surface area contributed by atoms with Gasteiger partial charge in [-0.25, -0.2) is 0 Å². The van der Waals surface area contributed by atoms with Gasteiger partial charge in [-0.1, -0.05) is 51.1 Å². The number of carbonyl (C=O) groups excluding carboxylic acids is 3. The molecule has 1 unspecified atom stereocenters. The Labute approximate surface area is 258 Å². The zero-order valence-electron chi connectivity index (χ0n) is 24.7. The first-order valence-electron chi connectivity index (χ1n) is 14.5. The lowest BCUT2D eigenvalue weighted by atomic mass is 9.85. The van der Waals surface area contributed by atoms with Crippen LogP contribution in [0.3, 0.4) is 0 Å². The molecule has 3 atom stereocenters. The number of likely N-dealkylation sites (tertiary alicyclic amines) is 1. The highest BCUT2D eigenvalue weighted by molar-refractivity contribution is 7.52. The molecule has 3 amide bonds. The van der Waals surface area contributed by atoms with E-state index in [2.05, 4.69) is 22.8 Å². The second-order valence-corrected chi connectivity index (χ2v) is 15.4. The van der Waals surface area contributed by atoms with Crippen LogP contribution < -0.4 is 10.6 Å². The Morgan fingerprint density at radius 3 is 2.43 bits per heavy atom. The molecular weight excluding hydrogens is 611 g/mol. The quantitative estimate of drug-likeness (QED) is 0.269. The first-order valence-corrected chi connectivity index (χ1v) is 16.9. The summed E-state index contributed by atoms with van der Waals surface area (Å²) in [5, 5.41) is 6.17. The van der Waals surface area contributed by atoms with Crippen molar-refractivity contribution in [2.75, 3.05) is 6.54 Å². The Morgan fingerprint density at radius 2 is 1.75 bits per heavy atom. The lowest BCUT2D eigenvalue weighted by molar-refractivity contribution is -0.142. The lowest BCUT2D eigenvalue weighted by Crippen LogP contribution is -2.58. The first-order chi connectivity index (χ1) is 20.6. The summed E-state index contributed by atoms with van der Waals surface area (Å²) in [7, 11) is -5.76. The third kappa shape index (κ3) is 6.44. The van der Waals surface area contributed by atoms with Crippen LogP contribution in [0.15, 0.2) is 48.5 Å². The Morgan fingerprint density at radius 1 is 1.05 bits per heavy atom. The molecule has 1 aromatic heterocycles. The monoisotopic (exact) mass is 647 g/mol. The van der Waals surface area contributed by atoms with Gasteiger partial charge in [0.2, 0.25) is 11.8 Å². The molecule has 2 aliphatic rings. The number of rotatable bonds is 7. The maximum absolute atomic E-state index is 14.3. The predicted octanol–water partition coefficient (Wildman–Crippen LogP) is 4.94. The third-order valence-electron chi connectivity index (χ3n) is 8.37. The highest BCUT2D eigenvalue weighted by Gasteiger charge is 2.50. The number of benzene rings is 2. The average molecular weight is 648 g/mol. The van der Waals surface area contributed by atoms with E-state index in [1.54, 1.807) is 4.90 Å². The molecule has 9 nitrogen and oxygen atoms in total. The molecule has 44 heavy (non-hydrogen) atoms. The second kappa shape index (κ2) is 12.0. The normalized spacial score (nSPS) is 19.8. The van der Waals surface area contributed by atoms with Gasteiger partial charge < -0.3 is 25.3 Å².